The number of sulfonamides is 1. The molecule has 1 aromatic heterocycles. The van der Waals surface area contributed by atoms with Gasteiger partial charge in [-0.05, 0) is 135 Å². The third kappa shape index (κ3) is 27.9. The minimum atomic E-state index is -3.78. The van der Waals surface area contributed by atoms with E-state index in [0.29, 0.717) is 56.3 Å². The van der Waals surface area contributed by atoms with Crippen molar-refractivity contribution in [2.24, 2.45) is 59.2 Å². The Hall–Kier alpha value is -6.05. The molecule has 1 aliphatic carbocycles. The number of anilines is 2. The van der Waals surface area contributed by atoms with Gasteiger partial charge in [0.25, 0.3) is 5.91 Å². The monoisotopic (exact) mass is 1420 g/mol. The number of nitrogens with one attached hydrogen (secondary N) is 4. The van der Waals surface area contributed by atoms with Crippen molar-refractivity contribution in [1.82, 2.24) is 44.6 Å². The maximum absolute atomic E-state index is 14.4. The highest BCUT2D eigenvalue weighted by Gasteiger charge is 2.43. The number of carbonyl (C=O) groups is 9. The predicted molar refractivity (Wildman–Crippen MR) is 378 cm³/mol. The summed E-state index contributed by atoms with van der Waals surface area (Å²) >= 11 is 11.5. The second-order valence-electron chi connectivity index (χ2n) is 28.4. The highest BCUT2D eigenvalue weighted by molar-refractivity contribution is 7.91. The van der Waals surface area contributed by atoms with Crippen molar-refractivity contribution in [3.63, 3.8) is 0 Å². The van der Waals surface area contributed by atoms with Crippen LogP contribution in [-0.4, -0.2) is 179 Å². The van der Waals surface area contributed by atoms with Gasteiger partial charge in [-0.25, -0.2) is 13.2 Å². The molecule has 4 N–H and O–H groups in total. The summed E-state index contributed by atoms with van der Waals surface area (Å²) in [5.41, 5.74) is 1.43. The zero-order valence-electron chi connectivity index (χ0n) is 61.2. The van der Waals surface area contributed by atoms with Gasteiger partial charge in [-0.15, -0.1) is 0 Å². The highest BCUT2D eigenvalue weighted by atomic mass is 35.5. The zero-order valence-corrected chi connectivity index (χ0v) is 63.5. The molecule has 11 atom stereocenters. The number of ether oxygens (including phenoxy) is 2. The van der Waals surface area contributed by atoms with Gasteiger partial charge >= 0.3 is 6.09 Å². The number of rotatable bonds is 39. The predicted octanol–water partition coefficient (Wildman–Crippen LogP) is 10.6. The summed E-state index contributed by atoms with van der Waals surface area (Å²) in [6.45, 7) is 30.1. The number of hydrogen-bond acceptors (Lipinski definition) is 17. The second-order valence-corrected chi connectivity index (χ2v) is 31.0. The molecule has 2 heterocycles. The Morgan fingerprint density at radius 3 is 1.87 bits per heavy atom. The summed E-state index contributed by atoms with van der Waals surface area (Å²) in [6, 6.07) is 5.44. The normalized spacial score (nSPS) is 17.1. The van der Waals surface area contributed by atoms with E-state index >= 15 is 0 Å². The number of carbonyl (C=O) groups excluding carboxylic acids is 9. The number of aromatic nitrogens is 3. The summed E-state index contributed by atoms with van der Waals surface area (Å²) < 4.78 is 38.6. The molecule has 1 aromatic carbocycles. The summed E-state index contributed by atoms with van der Waals surface area (Å²) in [4.78, 5) is 136. The van der Waals surface area contributed by atoms with Crippen LogP contribution < -0.4 is 20.7 Å². The van der Waals surface area contributed by atoms with Crippen molar-refractivity contribution in [2.45, 2.75) is 229 Å². The number of likely N-dealkylation sites (N-methyl/N-ethyl adjacent to an activating group) is 1. The van der Waals surface area contributed by atoms with E-state index in [1.165, 1.54) is 6.92 Å². The summed E-state index contributed by atoms with van der Waals surface area (Å²) in [6.07, 6.45) is 5.59. The third-order valence-corrected chi connectivity index (χ3v) is 21.3. The molecule has 0 unspecified atom stereocenters. The number of ketones is 2. The number of methoxy groups -OCH3 is 1. The Balaban J connectivity index is 0.000000545. The lowest BCUT2D eigenvalue weighted by atomic mass is 9.85. The first-order chi connectivity index (χ1) is 45.3. The van der Waals surface area contributed by atoms with Crippen LogP contribution >= 0.6 is 23.2 Å². The van der Waals surface area contributed by atoms with E-state index in [1.54, 1.807) is 81.1 Å². The number of nitrogens with zero attached hydrogens (tertiary/aromatic N) is 7. The fourth-order valence-corrected chi connectivity index (χ4v) is 13.6. The van der Waals surface area contributed by atoms with Gasteiger partial charge in [-0.1, -0.05) is 115 Å². The number of Topliss-reactive ketones (excluding diaryl/α,β-unsaturated/α-hetero) is 2. The van der Waals surface area contributed by atoms with Crippen LogP contribution in [0.5, 0.6) is 0 Å². The lowest BCUT2D eigenvalue weighted by Crippen LogP contribution is -2.55. The fraction of sp³-hybridized carbons (Fsp3) is 0.743. The molecule has 1 saturated heterocycles. The average Bonchev–Trinajstić information content (AvgIpc) is 1.79. The van der Waals surface area contributed by atoms with Crippen molar-refractivity contribution >= 4 is 98.0 Å². The molecule has 2 aliphatic rings. The number of unbranched alkanes of at least 4 members (excludes halogenated alkanes) is 2. The molecular weight excluding hydrogens is 1310 g/mol. The first-order valence-corrected chi connectivity index (χ1v) is 37.0. The fourth-order valence-electron chi connectivity index (χ4n) is 11.9. The van der Waals surface area contributed by atoms with Crippen LogP contribution in [0, 0.1) is 59.2 Å². The number of amides is 7. The first-order valence-electron chi connectivity index (χ1n) is 34.7. The van der Waals surface area contributed by atoms with E-state index in [-0.39, 0.29) is 138 Å². The number of hydrogen-bond donors (Lipinski definition) is 4. The van der Waals surface area contributed by atoms with Crippen molar-refractivity contribution in [2.75, 3.05) is 58.5 Å². The highest BCUT2D eigenvalue weighted by Crippen LogP contribution is 2.33. The third-order valence-electron chi connectivity index (χ3n) is 19.1. The lowest BCUT2D eigenvalue weighted by Gasteiger charge is -2.41. The van der Waals surface area contributed by atoms with Crippen molar-refractivity contribution in [3.8, 4) is 0 Å². The van der Waals surface area contributed by atoms with Gasteiger partial charge in [0.1, 0.15) is 24.2 Å². The van der Waals surface area contributed by atoms with Crippen molar-refractivity contribution < 1.29 is 61.0 Å². The summed E-state index contributed by atoms with van der Waals surface area (Å²) in [5, 5.41) is 8.16. The van der Waals surface area contributed by atoms with Gasteiger partial charge in [0.15, 0.2) is 0 Å². The van der Waals surface area contributed by atoms with Crippen LogP contribution in [0.2, 0.25) is 10.6 Å². The molecule has 0 bridgehead atoms. The lowest BCUT2D eigenvalue weighted by molar-refractivity contribution is -0.149. The Kier molecular flexibility index (Phi) is 35.9. The molecule has 2 fully saturated rings. The van der Waals surface area contributed by atoms with Gasteiger partial charge in [0.2, 0.25) is 56.1 Å². The number of halogens is 2. The SMILES string of the molecule is CC(C)[C@@H](C)N(C)C(=O)OCc1ccc(NC(=O)[C@H](C)CC(=O)CCCCCNc2nc(Cl)nc(Cl)n2)cc1.CC[C@H](C)[C@@H]([C@@H](CC(=O)N1CCC[C@H]1[C@H](C)[C@@H](C)C(=O)N[C@@H](CC(C)C)C(=O)NS(=O)(=O)C1CC1)OC)N(C)C(=O)[C@@H](CN(C)C(=O)[C@@H](CC(C)=O)C(C)C)C(C)C. The summed E-state index contributed by atoms with van der Waals surface area (Å²) in [5.74, 6) is -3.63. The van der Waals surface area contributed by atoms with E-state index in [1.807, 2.05) is 74.1 Å². The molecule has 0 spiro atoms. The van der Waals surface area contributed by atoms with Gasteiger partial charge < -0.3 is 49.8 Å². The molecule has 2 aromatic rings. The summed E-state index contributed by atoms with van der Waals surface area (Å²) in [7, 11) is 2.93. The van der Waals surface area contributed by atoms with Crippen LogP contribution in [0.3, 0.4) is 0 Å². The van der Waals surface area contributed by atoms with Gasteiger partial charge in [0.05, 0.1) is 29.7 Å². The van der Waals surface area contributed by atoms with Gasteiger partial charge in [-0.3, -0.25) is 38.3 Å². The Morgan fingerprint density at radius 2 is 1.33 bits per heavy atom. The Morgan fingerprint density at radius 1 is 0.722 bits per heavy atom. The van der Waals surface area contributed by atoms with E-state index < -0.39 is 63.0 Å². The van der Waals surface area contributed by atoms with Crippen LogP contribution in [0.25, 0.3) is 0 Å². The standard InChI is InChI=1S/C43H77N5O9S.C27H38Cl2N6O4/c1-15-28(8)39(47(13)43(54)34(27(6)7)24-46(12)42(53)33(26(4)5)22-29(9)49)37(57-14)23-38(50)48-20-16-17-36(48)30(10)31(11)40(51)44-35(21-25(2)3)41(52)45-58(55,56)32-18-19-32;1-17(2)19(4)35(5)27(38)39-16-20-10-12-21(13-11-20)31-23(37)18(3)15-22(36)9-7-6-8-14-30-26-33-24(28)32-25(29)34-26/h25-28,30-37,39H,15-24H2,1-14H3,(H,44,51)(H,45,52);10-13,17-19H,6-9,14-16H2,1-5H3,(H,31,37)(H,30,32,33,34)/t28-,30+,31+,33-,34-,35-,36-,37+,39-;18-,19-/m01/s1. The largest absolute Gasteiger partial charge is 0.445 e. The molecular formula is C70H115Cl2N11O13S. The molecule has 0 radical (unpaired) electrons. The Labute approximate surface area is 588 Å². The maximum atomic E-state index is 14.4. The molecule has 7 amide bonds. The zero-order chi connectivity index (χ0) is 73.3. The molecule has 1 saturated carbocycles. The number of benzene rings is 1. The minimum absolute atomic E-state index is 0.0144. The molecule has 24 nitrogen and oxygen atoms in total. The van der Waals surface area contributed by atoms with Crippen molar-refractivity contribution in [1.29, 1.82) is 0 Å². The van der Waals surface area contributed by atoms with Crippen LogP contribution in [0.15, 0.2) is 24.3 Å². The average molecular weight is 1420 g/mol. The first kappa shape index (κ1) is 85.2. The smallest absolute Gasteiger partial charge is 0.410 e. The van der Waals surface area contributed by atoms with E-state index in [0.717, 1.165) is 37.7 Å². The molecule has 1 aliphatic heterocycles. The van der Waals surface area contributed by atoms with Crippen LogP contribution in [0.4, 0.5) is 16.4 Å². The van der Waals surface area contributed by atoms with Crippen LogP contribution in [-0.2, 0) is 64.5 Å². The van der Waals surface area contributed by atoms with Gasteiger partial charge in [0, 0.05) is 103 Å². The Bertz CT molecular complexity index is 3010. The maximum Gasteiger partial charge on any atom is 0.410 e. The van der Waals surface area contributed by atoms with Crippen LogP contribution in [0.1, 0.15) is 193 Å². The van der Waals surface area contributed by atoms with Crippen molar-refractivity contribution in [3.05, 3.63) is 40.4 Å². The van der Waals surface area contributed by atoms with Gasteiger partial charge in [-0.2, -0.15) is 15.0 Å². The number of likely N-dealkylation sites (tertiary alicyclic amines) is 1. The molecule has 97 heavy (non-hydrogen) atoms. The second kappa shape index (κ2) is 40.9. The van der Waals surface area contributed by atoms with E-state index in [4.69, 9.17) is 32.7 Å². The molecule has 27 heteroatoms. The van der Waals surface area contributed by atoms with E-state index in [9.17, 15) is 51.6 Å². The molecule has 4 rings (SSSR count). The quantitative estimate of drug-likeness (QED) is 0.0452. The minimum Gasteiger partial charge on any atom is -0.445 e. The van der Waals surface area contributed by atoms with E-state index in [2.05, 4.69) is 49.5 Å². The topological polar surface area (TPSA) is 306 Å². The molecule has 548 valence electrons.